The summed E-state index contributed by atoms with van der Waals surface area (Å²) >= 11 is 0. The first-order valence-electron chi connectivity index (χ1n) is 12.4. The van der Waals surface area contributed by atoms with Gasteiger partial charge >= 0.3 is 0 Å². The Balaban J connectivity index is 1.31. The fourth-order valence-corrected chi connectivity index (χ4v) is 6.15. The van der Waals surface area contributed by atoms with Crippen LogP contribution in [0.2, 0.25) is 0 Å². The number of imidazole rings is 1. The molecule has 2 aromatic heterocycles. The number of amides is 2. The van der Waals surface area contributed by atoms with E-state index in [0.29, 0.717) is 24.8 Å². The maximum Gasteiger partial charge on any atom is 0.249 e. The van der Waals surface area contributed by atoms with E-state index in [4.69, 9.17) is 4.98 Å². The molecule has 6 rings (SSSR count). The highest BCUT2D eigenvalue weighted by atomic mass is 16.2. The van der Waals surface area contributed by atoms with Gasteiger partial charge in [-0.1, -0.05) is 13.8 Å². The van der Waals surface area contributed by atoms with Crippen molar-refractivity contribution in [2.75, 3.05) is 18.5 Å². The van der Waals surface area contributed by atoms with E-state index in [1.165, 1.54) is 17.7 Å². The topological polar surface area (TPSA) is 98.0 Å². The summed E-state index contributed by atoms with van der Waals surface area (Å²) in [5, 5.41) is 7.88. The van der Waals surface area contributed by atoms with Gasteiger partial charge < -0.3 is 14.8 Å². The molecule has 3 aliphatic rings. The van der Waals surface area contributed by atoms with Gasteiger partial charge in [0.05, 0.1) is 11.0 Å². The zero-order valence-corrected chi connectivity index (χ0v) is 20.4. The number of aromatic amines is 2. The van der Waals surface area contributed by atoms with Crippen LogP contribution in [0.5, 0.6) is 0 Å². The van der Waals surface area contributed by atoms with Gasteiger partial charge in [-0.2, -0.15) is 5.10 Å². The molecule has 1 saturated heterocycles. The van der Waals surface area contributed by atoms with E-state index < -0.39 is 6.04 Å². The van der Waals surface area contributed by atoms with Gasteiger partial charge in [-0.15, -0.1) is 0 Å². The number of aromatic nitrogens is 4. The zero-order valence-electron chi connectivity index (χ0n) is 20.4. The number of rotatable bonds is 5. The lowest BCUT2D eigenvalue weighted by Gasteiger charge is -2.30. The van der Waals surface area contributed by atoms with Crippen molar-refractivity contribution < 1.29 is 9.59 Å². The summed E-state index contributed by atoms with van der Waals surface area (Å²) < 4.78 is 0. The second-order valence-corrected chi connectivity index (χ2v) is 10.7. The normalized spacial score (nSPS) is 24.3. The molecule has 8 nitrogen and oxygen atoms in total. The number of carbonyl (C=O) groups is 2. The van der Waals surface area contributed by atoms with Crippen molar-refractivity contribution in [1.29, 1.82) is 0 Å². The van der Waals surface area contributed by atoms with Crippen molar-refractivity contribution in [3.8, 4) is 11.5 Å². The molecular weight excluding hydrogens is 428 g/mol. The van der Waals surface area contributed by atoms with Crippen LogP contribution in [-0.4, -0.2) is 56.5 Å². The Hall–Kier alpha value is -3.16. The number of likely N-dealkylation sites (N-methyl/N-ethyl adjacent to an activating group) is 1. The lowest BCUT2D eigenvalue weighted by atomic mass is 9.88. The lowest BCUT2D eigenvalue weighted by Crippen LogP contribution is -2.48. The summed E-state index contributed by atoms with van der Waals surface area (Å²) in [6.45, 7) is 7.00. The first-order valence-corrected chi connectivity index (χ1v) is 12.4. The van der Waals surface area contributed by atoms with Crippen LogP contribution >= 0.6 is 0 Å². The minimum absolute atomic E-state index is 0.0511. The van der Waals surface area contributed by atoms with Gasteiger partial charge in [0.15, 0.2) is 5.82 Å². The fraction of sp³-hybridized carbons (Fsp3) is 0.538. The second kappa shape index (κ2) is 7.42. The van der Waals surface area contributed by atoms with Crippen molar-refractivity contribution in [3.63, 3.8) is 0 Å². The standard InChI is InChI=1S/C26H32N6O2/c1-5-20(32-8-6-7-22(32)33)25(34)31(4)21-11-18-17(9-14(21)2)27-24(28-18)23-16-10-15-12-26(15,3)13-19(16)29-30-23/h9,11,15,20H,5-8,10,12-13H2,1-4H3,(H,27,28)(H,29,30)/t15-,20+,26-/m1/s1. The molecule has 1 saturated carbocycles. The first kappa shape index (κ1) is 21.4. The Labute approximate surface area is 199 Å². The highest BCUT2D eigenvalue weighted by Crippen LogP contribution is 2.59. The molecule has 8 heteroatoms. The van der Waals surface area contributed by atoms with Crippen molar-refractivity contribution in [2.45, 2.75) is 65.3 Å². The predicted octanol–water partition coefficient (Wildman–Crippen LogP) is 3.75. The predicted molar refractivity (Wildman–Crippen MR) is 130 cm³/mol. The zero-order chi connectivity index (χ0) is 23.8. The summed E-state index contributed by atoms with van der Waals surface area (Å²) in [5.74, 6) is 1.55. The third-order valence-electron chi connectivity index (χ3n) is 8.40. The number of likely N-dealkylation sites (tertiary alicyclic amines) is 1. The number of anilines is 1. The molecule has 3 aromatic rings. The van der Waals surface area contributed by atoms with Crippen LogP contribution in [-0.2, 0) is 22.4 Å². The number of carbonyl (C=O) groups excluding carboxylic acids is 2. The molecule has 2 N–H and O–H groups in total. The summed E-state index contributed by atoms with van der Waals surface area (Å²) in [6, 6.07) is 3.59. The Morgan fingerprint density at radius 1 is 1.38 bits per heavy atom. The Kier molecular flexibility index (Phi) is 4.66. The van der Waals surface area contributed by atoms with E-state index in [1.807, 2.05) is 26.0 Å². The molecule has 2 amide bonds. The highest BCUT2D eigenvalue weighted by Gasteiger charge is 2.53. The maximum atomic E-state index is 13.4. The summed E-state index contributed by atoms with van der Waals surface area (Å²) in [6.07, 6.45) is 5.38. The van der Waals surface area contributed by atoms with E-state index in [2.05, 4.69) is 22.1 Å². The number of hydrogen-bond acceptors (Lipinski definition) is 4. The summed E-state index contributed by atoms with van der Waals surface area (Å²) in [7, 11) is 1.80. The van der Waals surface area contributed by atoms with Gasteiger partial charge in [0.25, 0.3) is 0 Å². The monoisotopic (exact) mass is 460 g/mol. The van der Waals surface area contributed by atoms with Crippen LogP contribution in [0.1, 0.15) is 56.4 Å². The molecule has 3 atom stereocenters. The molecule has 2 aliphatic carbocycles. The summed E-state index contributed by atoms with van der Waals surface area (Å²) in [4.78, 5) is 37.4. The maximum absolute atomic E-state index is 13.4. The number of benzene rings is 1. The molecular formula is C26H32N6O2. The van der Waals surface area contributed by atoms with Crippen LogP contribution < -0.4 is 4.90 Å². The van der Waals surface area contributed by atoms with E-state index in [9.17, 15) is 9.59 Å². The number of nitrogens with zero attached hydrogens (tertiary/aromatic N) is 4. The van der Waals surface area contributed by atoms with Gasteiger partial charge in [-0.25, -0.2) is 4.98 Å². The third kappa shape index (κ3) is 3.18. The fourth-order valence-electron chi connectivity index (χ4n) is 6.15. The highest BCUT2D eigenvalue weighted by molar-refractivity contribution is 6.01. The largest absolute Gasteiger partial charge is 0.337 e. The average molecular weight is 461 g/mol. The van der Waals surface area contributed by atoms with E-state index in [1.54, 1.807) is 16.8 Å². The van der Waals surface area contributed by atoms with Crippen LogP contribution in [0.4, 0.5) is 5.69 Å². The Morgan fingerprint density at radius 2 is 2.21 bits per heavy atom. The molecule has 2 fully saturated rings. The third-order valence-corrected chi connectivity index (χ3v) is 8.40. The molecule has 3 heterocycles. The van der Waals surface area contributed by atoms with Gasteiger partial charge in [0.2, 0.25) is 11.8 Å². The van der Waals surface area contributed by atoms with Gasteiger partial charge in [-0.3, -0.25) is 14.7 Å². The molecule has 0 radical (unpaired) electrons. The molecule has 0 spiro atoms. The number of H-pyrrole nitrogens is 2. The first-order chi connectivity index (χ1) is 16.3. The minimum atomic E-state index is -0.423. The summed E-state index contributed by atoms with van der Waals surface area (Å²) in [5.41, 5.74) is 7.45. The van der Waals surface area contributed by atoms with Gasteiger partial charge in [0, 0.05) is 37.0 Å². The molecule has 1 aliphatic heterocycles. The molecule has 178 valence electrons. The minimum Gasteiger partial charge on any atom is -0.337 e. The number of aryl methyl sites for hydroxylation is 1. The van der Waals surface area contributed by atoms with E-state index in [-0.39, 0.29) is 11.8 Å². The molecule has 1 aromatic carbocycles. The number of hydrogen-bond donors (Lipinski definition) is 2. The Morgan fingerprint density at radius 3 is 2.94 bits per heavy atom. The molecule has 0 bridgehead atoms. The van der Waals surface area contributed by atoms with Crippen molar-refractivity contribution >= 4 is 28.5 Å². The quantitative estimate of drug-likeness (QED) is 0.606. The average Bonchev–Trinajstić information content (AvgIpc) is 3.15. The second-order valence-electron chi connectivity index (χ2n) is 10.7. The lowest BCUT2D eigenvalue weighted by molar-refractivity contribution is -0.136. The van der Waals surface area contributed by atoms with Gasteiger partial charge in [-0.05, 0) is 68.1 Å². The van der Waals surface area contributed by atoms with E-state index >= 15 is 0 Å². The van der Waals surface area contributed by atoms with Crippen LogP contribution in [0.3, 0.4) is 0 Å². The number of nitrogens with one attached hydrogen (secondary N) is 2. The number of fused-ring (bicyclic) bond motifs is 3. The Bertz CT molecular complexity index is 1320. The van der Waals surface area contributed by atoms with Gasteiger partial charge in [0.1, 0.15) is 11.7 Å². The SMILES string of the molecule is CC[C@@H](C(=O)N(C)c1cc2nc(-c3n[nH]c4c3C[C@@H]3C[C@]3(C)C4)[nH]c2cc1C)N1CCCC1=O. The van der Waals surface area contributed by atoms with Crippen LogP contribution in [0.15, 0.2) is 12.1 Å². The van der Waals surface area contributed by atoms with Crippen molar-refractivity contribution in [1.82, 2.24) is 25.1 Å². The smallest absolute Gasteiger partial charge is 0.249 e. The van der Waals surface area contributed by atoms with E-state index in [0.717, 1.165) is 59.0 Å². The molecule has 34 heavy (non-hydrogen) atoms. The molecule has 0 unspecified atom stereocenters. The van der Waals surface area contributed by atoms with Crippen LogP contribution in [0.25, 0.3) is 22.6 Å². The van der Waals surface area contributed by atoms with Crippen molar-refractivity contribution in [2.24, 2.45) is 11.3 Å². The van der Waals surface area contributed by atoms with Crippen LogP contribution in [0, 0.1) is 18.3 Å². The van der Waals surface area contributed by atoms with Crippen molar-refractivity contribution in [3.05, 3.63) is 29.0 Å².